The summed E-state index contributed by atoms with van der Waals surface area (Å²) in [7, 11) is 0. The molecule has 0 aromatic rings. The van der Waals surface area contributed by atoms with Gasteiger partial charge in [0.25, 0.3) is 6.43 Å². The van der Waals surface area contributed by atoms with Gasteiger partial charge in [0.05, 0.1) is 0 Å². The Hall–Kier alpha value is -1.24. The molecule has 0 fully saturated rings. The predicted octanol–water partition coefficient (Wildman–Crippen LogP) is 0.281. The molecule has 0 bridgehead atoms. The first-order valence-electron chi connectivity index (χ1n) is 5.66. The SMILES string of the molecule is CC(C)(C)C(=O)NCCC(=O)NCC(O)C(F)F. The molecule has 3 N–H and O–H groups in total. The maximum Gasteiger partial charge on any atom is 0.265 e. The molecule has 0 aromatic carbocycles. The fraction of sp³-hybridized carbons (Fsp3) is 0.818. The zero-order valence-electron chi connectivity index (χ0n) is 10.8. The van der Waals surface area contributed by atoms with Crippen molar-refractivity contribution in [1.82, 2.24) is 10.6 Å². The second-order valence-corrected chi connectivity index (χ2v) is 4.96. The number of nitrogens with one attached hydrogen (secondary N) is 2. The summed E-state index contributed by atoms with van der Waals surface area (Å²) in [5.41, 5.74) is -0.539. The molecule has 0 aliphatic carbocycles. The standard InChI is InChI=1S/C11H20F2N2O3/c1-11(2,3)10(18)14-5-4-8(17)15-6-7(16)9(12)13/h7,9,16H,4-6H2,1-3H3,(H,14,18)(H,15,17). The van der Waals surface area contributed by atoms with E-state index in [1.807, 2.05) is 0 Å². The van der Waals surface area contributed by atoms with Gasteiger partial charge in [-0.3, -0.25) is 9.59 Å². The lowest BCUT2D eigenvalue weighted by molar-refractivity contribution is -0.128. The van der Waals surface area contributed by atoms with Crippen molar-refractivity contribution in [3.05, 3.63) is 0 Å². The summed E-state index contributed by atoms with van der Waals surface area (Å²) < 4.78 is 23.8. The molecule has 0 radical (unpaired) electrons. The van der Waals surface area contributed by atoms with Gasteiger partial charge < -0.3 is 15.7 Å². The van der Waals surface area contributed by atoms with Crippen molar-refractivity contribution in [3.63, 3.8) is 0 Å². The Bertz CT molecular complexity index is 291. The predicted molar refractivity (Wildman–Crippen MR) is 62.1 cm³/mol. The first kappa shape index (κ1) is 16.8. The van der Waals surface area contributed by atoms with E-state index in [0.717, 1.165) is 0 Å². The molecule has 7 heteroatoms. The van der Waals surface area contributed by atoms with Gasteiger partial charge in [0.1, 0.15) is 6.10 Å². The largest absolute Gasteiger partial charge is 0.385 e. The molecule has 0 spiro atoms. The highest BCUT2D eigenvalue weighted by molar-refractivity contribution is 5.82. The van der Waals surface area contributed by atoms with Crippen LogP contribution >= 0.6 is 0 Å². The summed E-state index contributed by atoms with van der Waals surface area (Å²) in [6, 6.07) is 0. The summed E-state index contributed by atoms with van der Waals surface area (Å²) in [5, 5.41) is 13.5. The number of hydrogen-bond acceptors (Lipinski definition) is 3. The third kappa shape index (κ3) is 7.16. The van der Waals surface area contributed by atoms with E-state index < -0.39 is 30.4 Å². The van der Waals surface area contributed by atoms with Gasteiger partial charge in [0.15, 0.2) is 0 Å². The number of aliphatic hydroxyl groups is 1. The van der Waals surface area contributed by atoms with E-state index in [0.29, 0.717) is 0 Å². The maximum absolute atomic E-state index is 11.9. The first-order chi connectivity index (χ1) is 8.14. The van der Waals surface area contributed by atoms with Crippen LogP contribution in [0.3, 0.4) is 0 Å². The molecule has 0 aliphatic heterocycles. The Morgan fingerprint density at radius 1 is 1.22 bits per heavy atom. The Kier molecular flexibility index (Phi) is 6.75. The molecule has 5 nitrogen and oxygen atoms in total. The topological polar surface area (TPSA) is 78.4 Å². The molecule has 0 saturated carbocycles. The van der Waals surface area contributed by atoms with Crippen LogP contribution in [-0.4, -0.2) is 42.5 Å². The number of amides is 2. The van der Waals surface area contributed by atoms with Gasteiger partial charge in [-0.25, -0.2) is 8.78 Å². The molecular weight excluding hydrogens is 246 g/mol. The normalized spacial score (nSPS) is 13.3. The van der Waals surface area contributed by atoms with Gasteiger partial charge in [-0.2, -0.15) is 0 Å². The van der Waals surface area contributed by atoms with Crippen molar-refractivity contribution in [2.45, 2.75) is 39.7 Å². The van der Waals surface area contributed by atoms with Crippen molar-refractivity contribution >= 4 is 11.8 Å². The summed E-state index contributed by atoms with van der Waals surface area (Å²) in [6.07, 6.45) is -4.76. The fourth-order valence-electron chi connectivity index (χ4n) is 0.951. The second-order valence-electron chi connectivity index (χ2n) is 4.96. The summed E-state index contributed by atoms with van der Waals surface area (Å²) in [6.45, 7) is 4.85. The zero-order valence-corrected chi connectivity index (χ0v) is 10.8. The average Bonchev–Trinajstić information content (AvgIpc) is 2.24. The maximum atomic E-state index is 11.9. The number of alkyl halides is 2. The fourth-order valence-corrected chi connectivity index (χ4v) is 0.951. The molecule has 1 atom stereocenters. The molecule has 0 aliphatic rings. The lowest BCUT2D eigenvalue weighted by atomic mass is 9.96. The Balaban J connectivity index is 3.76. The molecule has 0 rings (SSSR count). The van der Waals surface area contributed by atoms with Crippen LogP contribution in [0.15, 0.2) is 0 Å². The minimum Gasteiger partial charge on any atom is -0.385 e. The highest BCUT2D eigenvalue weighted by atomic mass is 19.3. The molecule has 1 unspecified atom stereocenters. The van der Waals surface area contributed by atoms with Crippen LogP contribution < -0.4 is 10.6 Å². The number of hydrogen-bond donors (Lipinski definition) is 3. The first-order valence-corrected chi connectivity index (χ1v) is 5.66. The quantitative estimate of drug-likeness (QED) is 0.646. The highest BCUT2D eigenvalue weighted by Crippen LogP contribution is 2.11. The summed E-state index contributed by atoms with van der Waals surface area (Å²) in [5.74, 6) is -0.688. The number of carbonyl (C=O) groups excluding carboxylic acids is 2. The number of aliphatic hydroxyl groups excluding tert-OH is 1. The van der Waals surface area contributed by atoms with Crippen molar-refractivity contribution in [1.29, 1.82) is 0 Å². The van der Waals surface area contributed by atoms with E-state index in [-0.39, 0.29) is 18.9 Å². The van der Waals surface area contributed by atoms with E-state index in [9.17, 15) is 18.4 Å². The molecule has 0 aromatic heterocycles. The third-order valence-electron chi connectivity index (χ3n) is 2.12. The van der Waals surface area contributed by atoms with E-state index in [1.165, 1.54) is 0 Å². The molecule has 0 saturated heterocycles. The van der Waals surface area contributed by atoms with Gasteiger partial charge >= 0.3 is 0 Å². The van der Waals surface area contributed by atoms with Gasteiger partial charge in [-0.15, -0.1) is 0 Å². The molecule has 18 heavy (non-hydrogen) atoms. The lowest BCUT2D eigenvalue weighted by Crippen LogP contribution is -2.39. The Morgan fingerprint density at radius 2 is 1.78 bits per heavy atom. The van der Waals surface area contributed by atoms with Crippen molar-refractivity contribution < 1.29 is 23.5 Å². The minimum atomic E-state index is -2.88. The van der Waals surface area contributed by atoms with Crippen molar-refractivity contribution in [2.75, 3.05) is 13.1 Å². The van der Waals surface area contributed by atoms with Gasteiger partial charge in [-0.1, -0.05) is 20.8 Å². The molecule has 2 amide bonds. The van der Waals surface area contributed by atoms with Crippen LogP contribution in [0.4, 0.5) is 8.78 Å². The lowest BCUT2D eigenvalue weighted by Gasteiger charge is -2.17. The van der Waals surface area contributed by atoms with E-state index in [1.54, 1.807) is 20.8 Å². The van der Waals surface area contributed by atoms with Crippen LogP contribution in [0.25, 0.3) is 0 Å². The smallest absolute Gasteiger partial charge is 0.265 e. The third-order valence-corrected chi connectivity index (χ3v) is 2.12. The zero-order chi connectivity index (χ0) is 14.3. The van der Waals surface area contributed by atoms with Crippen LogP contribution in [-0.2, 0) is 9.59 Å². The Labute approximate surface area is 105 Å². The number of rotatable bonds is 6. The molecular formula is C11H20F2N2O3. The van der Waals surface area contributed by atoms with E-state index in [2.05, 4.69) is 10.6 Å². The van der Waals surface area contributed by atoms with Crippen LogP contribution in [0.1, 0.15) is 27.2 Å². The highest BCUT2D eigenvalue weighted by Gasteiger charge is 2.21. The number of halogens is 2. The minimum absolute atomic E-state index is 0.0161. The van der Waals surface area contributed by atoms with Gasteiger partial charge in [0, 0.05) is 24.9 Å². The summed E-state index contributed by atoms with van der Waals surface area (Å²) >= 11 is 0. The van der Waals surface area contributed by atoms with Crippen LogP contribution in [0, 0.1) is 5.41 Å². The van der Waals surface area contributed by atoms with E-state index in [4.69, 9.17) is 5.11 Å². The van der Waals surface area contributed by atoms with Gasteiger partial charge in [-0.05, 0) is 0 Å². The molecule has 0 heterocycles. The van der Waals surface area contributed by atoms with Crippen molar-refractivity contribution in [2.24, 2.45) is 5.41 Å². The average molecular weight is 266 g/mol. The van der Waals surface area contributed by atoms with Crippen LogP contribution in [0.5, 0.6) is 0 Å². The van der Waals surface area contributed by atoms with E-state index >= 15 is 0 Å². The number of carbonyl (C=O) groups is 2. The second kappa shape index (κ2) is 7.25. The van der Waals surface area contributed by atoms with Gasteiger partial charge in [0.2, 0.25) is 11.8 Å². The molecule has 106 valence electrons. The summed E-state index contributed by atoms with van der Waals surface area (Å²) in [4.78, 5) is 22.6. The van der Waals surface area contributed by atoms with Crippen molar-refractivity contribution in [3.8, 4) is 0 Å². The Morgan fingerprint density at radius 3 is 2.22 bits per heavy atom. The van der Waals surface area contributed by atoms with Crippen LogP contribution in [0.2, 0.25) is 0 Å². The monoisotopic (exact) mass is 266 g/mol.